The first-order valence-corrected chi connectivity index (χ1v) is 12.0. The molecule has 7 unspecified atom stereocenters. The SMILES string of the molecule is CC=C(C)CCC(C)C1CCC2C3=CC=C4CC(O)CCC4(C)C3CCC21C. The molecule has 0 heterocycles. The van der Waals surface area contributed by atoms with E-state index < -0.39 is 0 Å². The highest BCUT2D eigenvalue weighted by molar-refractivity contribution is 5.38. The molecule has 3 saturated carbocycles. The summed E-state index contributed by atoms with van der Waals surface area (Å²) in [5.74, 6) is 3.24. The predicted molar refractivity (Wildman–Crippen MR) is 119 cm³/mol. The van der Waals surface area contributed by atoms with E-state index in [4.69, 9.17) is 0 Å². The summed E-state index contributed by atoms with van der Waals surface area (Å²) in [5, 5.41) is 10.2. The predicted octanol–water partition coefficient (Wildman–Crippen LogP) is 7.23. The Balaban J connectivity index is 1.56. The lowest BCUT2D eigenvalue weighted by Crippen LogP contribution is -2.46. The van der Waals surface area contributed by atoms with Gasteiger partial charge in [-0.1, -0.05) is 55.7 Å². The summed E-state index contributed by atoms with van der Waals surface area (Å²) in [6.45, 7) is 12.1. The zero-order valence-corrected chi connectivity index (χ0v) is 18.9. The average molecular weight is 383 g/mol. The minimum absolute atomic E-state index is 0.111. The van der Waals surface area contributed by atoms with Crippen LogP contribution in [0.2, 0.25) is 0 Å². The lowest BCUT2D eigenvalue weighted by molar-refractivity contribution is 0.0327. The molecule has 0 radical (unpaired) electrons. The van der Waals surface area contributed by atoms with Crippen LogP contribution in [0.25, 0.3) is 0 Å². The number of aliphatic hydroxyl groups is 1. The summed E-state index contributed by atoms with van der Waals surface area (Å²) in [6, 6.07) is 0. The maximum Gasteiger partial charge on any atom is 0.0578 e. The molecule has 156 valence electrons. The van der Waals surface area contributed by atoms with Crippen molar-refractivity contribution in [2.45, 2.75) is 98.5 Å². The van der Waals surface area contributed by atoms with Gasteiger partial charge in [0.05, 0.1) is 6.10 Å². The molecule has 1 nitrogen and oxygen atoms in total. The first kappa shape index (κ1) is 20.5. The van der Waals surface area contributed by atoms with E-state index in [9.17, 15) is 5.11 Å². The maximum atomic E-state index is 10.2. The topological polar surface area (TPSA) is 20.2 Å². The molecule has 0 amide bonds. The second-order valence-corrected chi connectivity index (χ2v) is 11.2. The molecule has 1 heteroatoms. The lowest BCUT2D eigenvalue weighted by Gasteiger charge is -2.55. The van der Waals surface area contributed by atoms with Crippen LogP contribution in [-0.4, -0.2) is 11.2 Å². The van der Waals surface area contributed by atoms with E-state index in [0.29, 0.717) is 10.8 Å². The summed E-state index contributed by atoms with van der Waals surface area (Å²) in [7, 11) is 0. The fourth-order valence-corrected chi connectivity index (χ4v) is 7.76. The van der Waals surface area contributed by atoms with Crippen molar-refractivity contribution >= 4 is 0 Å². The van der Waals surface area contributed by atoms with Crippen LogP contribution in [0.4, 0.5) is 0 Å². The molecule has 0 aromatic rings. The second kappa shape index (κ2) is 7.46. The Hall–Kier alpha value is -0.820. The third kappa shape index (κ3) is 3.17. The van der Waals surface area contributed by atoms with Gasteiger partial charge in [0.25, 0.3) is 0 Å². The Morgan fingerprint density at radius 1 is 1.14 bits per heavy atom. The molecule has 0 saturated heterocycles. The monoisotopic (exact) mass is 382 g/mol. The van der Waals surface area contributed by atoms with Crippen molar-refractivity contribution in [2.24, 2.45) is 34.5 Å². The summed E-state index contributed by atoms with van der Waals surface area (Å²) in [4.78, 5) is 0. The molecular weight excluding hydrogens is 340 g/mol. The minimum atomic E-state index is -0.111. The normalized spacial score (nSPS) is 44.1. The van der Waals surface area contributed by atoms with Crippen molar-refractivity contribution in [3.8, 4) is 0 Å². The number of rotatable bonds is 4. The van der Waals surface area contributed by atoms with Crippen LogP contribution in [0.1, 0.15) is 92.4 Å². The van der Waals surface area contributed by atoms with Crippen LogP contribution in [0, 0.1) is 34.5 Å². The van der Waals surface area contributed by atoms with Crippen molar-refractivity contribution in [3.05, 3.63) is 34.9 Å². The van der Waals surface area contributed by atoms with Crippen molar-refractivity contribution < 1.29 is 5.11 Å². The highest BCUT2D eigenvalue weighted by atomic mass is 16.3. The highest BCUT2D eigenvalue weighted by Gasteiger charge is 2.56. The fraction of sp³-hybridized carbons (Fsp3) is 0.778. The number of hydrogen-bond donors (Lipinski definition) is 1. The van der Waals surface area contributed by atoms with Crippen LogP contribution in [0.5, 0.6) is 0 Å². The number of fused-ring (bicyclic) bond motifs is 5. The van der Waals surface area contributed by atoms with Gasteiger partial charge >= 0.3 is 0 Å². The van der Waals surface area contributed by atoms with Gasteiger partial charge in [0.2, 0.25) is 0 Å². The van der Waals surface area contributed by atoms with Crippen LogP contribution in [0.3, 0.4) is 0 Å². The average Bonchev–Trinajstić information content (AvgIpc) is 3.03. The Kier molecular flexibility index (Phi) is 5.45. The van der Waals surface area contributed by atoms with E-state index >= 15 is 0 Å². The molecular formula is C27H42O. The first-order chi connectivity index (χ1) is 13.3. The molecule has 0 aromatic carbocycles. The standard InChI is InChI=1S/C27H42O/c1-6-18(2)7-8-19(3)23-11-12-24-22-10-9-20-17-21(28)13-15-26(20,4)25(22)14-16-27(23,24)5/h6,9-10,19,21,23-25,28H,7-8,11-17H2,1-5H3. The van der Waals surface area contributed by atoms with E-state index in [1.807, 2.05) is 0 Å². The van der Waals surface area contributed by atoms with Crippen LogP contribution < -0.4 is 0 Å². The van der Waals surface area contributed by atoms with Gasteiger partial charge in [-0.05, 0) is 106 Å². The molecule has 0 bridgehead atoms. The van der Waals surface area contributed by atoms with E-state index in [-0.39, 0.29) is 6.10 Å². The van der Waals surface area contributed by atoms with Gasteiger partial charge in [-0.25, -0.2) is 0 Å². The van der Waals surface area contributed by atoms with Gasteiger partial charge in [-0.3, -0.25) is 0 Å². The molecule has 0 aromatic heterocycles. The summed E-state index contributed by atoms with van der Waals surface area (Å²) < 4.78 is 0. The zero-order chi connectivity index (χ0) is 20.1. The quantitative estimate of drug-likeness (QED) is 0.508. The molecule has 4 aliphatic carbocycles. The molecule has 3 fully saturated rings. The Morgan fingerprint density at radius 3 is 2.68 bits per heavy atom. The van der Waals surface area contributed by atoms with Crippen molar-refractivity contribution in [3.63, 3.8) is 0 Å². The fourth-order valence-electron chi connectivity index (χ4n) is 7.76. The summed E-state index contributed by atoms with van der Waals surface area (Å²) in [6.07, 6.45) is 18.4. The first-order valence-electron chi connectivity index (χ1n) is 12.0. The summed E-state index contributed by atoms with van der Waals surface area (Å²) in [5.41, 5.74) is 5.69. The van der Waals surface area contributed by atoms with Crippen LogP contribution >= 0.6 is 0 Å². The third-order valence-corrected chi connectivity index (χ3v) is 9.79. The smallest absolute Gasteiger partial charge is 0.0578 e. The largest absolute Gasteiger partial charge is 0.393 e. The van der Waals surface area contributed by atoms with Gasteiger partial charge in [0, 0.05) is 0 Å². The van der Waals surface area contributed by atoms with Gasteiger partial charge in [-0.2, -0.15) is 0 Å². The molecule has 1 N–H and O–H groups in total. The van der Waals surface area contributed by atoms with Gasteiger partial charge in [-0.15, -0.1) is 0 Å². The maximum absolute atomic E-state index is 10.2. The second-order valence-electron chi connectivity index (χ2n) is 11.2. The van der Waals surface area contributed by atoms with Crippen LogP contribution in [-0.2, 0) is 0 Å². The third-order valence-electron chi connectivity index (χ3n) is 9.79. The summed E-state index contributed by atoms with van der Waals surface area (Å²) >= 11 is 0. The molecule has 4 rings (SSSR count). The molecule has 0 spiro atoms. The number of hydrogen-bond acceptors (Lipinski definition) is 1. The molecule has 7 atom stereocenters. The van der Waals surface area contributed by atoms with E-state index in [1.54, 1.807) is 11.1 Å². The number of aliphatic hydroxyl groups excluding tert-OH is 1. The zero-order valence-electron chi connectivity index (χ0n) is 18.9. The van der Waals surface area contributed by atoms with Crippen molar-refractivity contribution in [1.29, 1.82) is 0 Å². The Bertz CT molecular complexity index is 697. The van der Waals surface area contributed by atoms with Gasteiger partial charge in [0.15, 0.2) is 0 Å². The molecule has 4 aliphatic rings. The van der Waals surface area contributed by atoms with E-state index in [2.05, 4.69) is 52.8 Å². The van der Waals surface area contributed by atoms with Gasteiger partial charge < -0.3 is 5.11 Å². The van der Waals surface area contributed by atoms with E-state index in [1.165, 1.54) is 50.5 Å². The van der Waals surface area contributed by atoms with Gasteiger partial charge in [0.1, 0.15) is 0 Å². The minimum Gasteiger partial charge on any atom is -0.393 e. The lowest BCUT2D eigenvalue weighted by atomic mass is 9.50. The van der Waals surface area contributed by atoms with Crippen LogP contribution in [0.15, 0.2) is 34.9 Å². The molecule has 0 aliphatic heterocycles. The highest BCUT2D eigenvalue weighted by Crippen LogP contribution is 2.66. The van der Waals surface area contributed by atoms with Crippen molar-refractivity contribution in [2.75, 3.05) is 0 Å². The Morgan fingerprint density at radius 2 is 1.93 bits per heavy atom. The molecule has 28 heavy (non-hydrogen) atoms. The van der Waals surface area contributed by atoms with E-state index in [0.717, 1.165) is 36.5 Å². The van der Waals surface area contributed by atoms with Crippen molar-refractivity contribution in [1.82, 2.24) is 0 Å². The Labute approximate surface area is 173 Å². The number of allylic oxidation sites excluding steroid dienone is 5.